The summed E-state index contributed by atoms with van der Waals surface area (Å²) < 4.78 is 10.8. The van der Waals surface area contributed by atoms with Crippen molar-refractivity contribution in [3.8, 4) is 11.1 Å². The average molecular weight is 381 g/mol. The number of rotatable bonds is 9. The number of carbonyl (C=O) groups is 2. The molecular weight excluding hydrogens is 358 g/mol. The van der Waals surface area contributed by atoms with Gasteiger partial charge in [0.2, 0.25) is 0 Å². The van der Waals surface area contributed by atoms with Crippen molar-refractivity contribution in [2.75, 3.05) is 19.8 Å². The van der Waals surface area contributed by atoms with Gasteiger partial charge in [0.05, 0.1) is 13.2 Å². The van der Waals surface area contributed by atoms with E-state index in [0.717, 1.165) is 22.3 Å². The van der Waals surface area contributed by atoms with E-state index in [1.54, 1.807) is 0 Å². The molecule has 0 heterocycles. The Labute approximate surface area is 163 Å². The van der Waals surface area contributed by atoms with Crippen LogP contribution in [-0.4, -0.2) is 42.9 Å². The standard InChI is InChI=1S/C22H23NO5/c1-2-11-27-12-19(20(23)21(24)25)22(26)28-13-18-16-9-5-3-7-14(16)15-8-4-6-10-17(15)18/h2-10,18-20H,1,11-13,23H2,(H,24,25). The topological polar surface area (TPSA) is 98.9 Å². The molecule has 6 nitrogen and oxygen atoms in total. The Hall–Kier alpha value is -2.96. The zero-order chi connectivity index (χ0) is 20.1. The molecule has 3 rings (SSSR count). The van der Waals surface area contributed by atoms with Crippen molar-refractivity contribution in [2.45, 2.75) is 12.0 Å². The number of carboxylic acids is 1. The van der Waals surface area contributed by atoms with Gasteiger partial charge in [-0.25, -0.2) is 0 Å². The molecule has 0 bridgehead atoms. The summed E-state index contributed by atoms with van der Waals surface area (Å²) in [5, 5.41) is 9.19. The Balaban J connectivity index is 1.75. The fourth-order valence-electron chi connectivity index (χ4n) is 3.48. The van der Waals surface area contributed by atoms with Gasteiger partial charge in [-0.3, -0.25) is 9.59 Å². The van der Waals surface area contributed by atoms with Crippen LogP contribution in [0, 0.1) is 5.92 Å². The molecule has 1 aliphatic rings. The zero-order valence-electron chi connectivity index (χ0n) is 15.4. The van der Waals surface area contributed by atoms with Gasteiger partial charge in [0.1, 0.15) is 18.6 Å². The maximum atomic E-state index is 12.6. The minimum absolute atomic E-state index is 0.104. The number of benzene rings is 2. The van der Waals surface area contributed by atoms with Crippen LogP contribution in [0.15, 0.2) is 61.2 Å². The van der Waals surface area contributed by atoms with Crippen LogP contribution < -0.4 is 5.73 Å². The zero-order valence-corrected chi connectivity index (χ0v) is 15.4. The van der Waals surface area contributed by atoms with E-state index in [1.165, 1.54) is 6.08 Å². The van der Waals surface area contributed by atoms with Crippen LogP contribution in [0.25, 0.3) is 11.1 Å². The first-order valence-electron chi connectivity index (χ1n) is 9.06. The fraction of sp³-hybridized carbons (Fsp3) is 0.273. The number of nitrogens with two attached hydrogens (primary N) is 1. The lowest BCUT2D eigenvalue weighted by molar-refractivity contribution is -0.157. The van der Waals surface area contributed by atoms with Gasteiger partial charge in [0, 0.05) is 5.92 Å². The summed E-state index contributed by atoms with van der Waals surface area (Å²) in [6.07, 6.45) is 1.51. The summed E-state index contributed by atoms with van der Waals surface area (Å²) in [6.45, 7) is 3.68. The van der Waals surface area contributed by atoms with Crippen LogP contribution in [0.3, 0.4) is 0 Å². The maximum absolute atomic E-state index is 12.6. The third kappa shape index (κ3) is 3.98. The van der Waals surface area contributed by atoms with Crippen LogP contribution in [0.5, 0.6) is 0 Å². The Morgan fingerprint density at radius 3 is 2.21 bits per heavy atom. The minimum Gasteiger partial charge on any atom is -0.480 e. The van der Waals surface area contributed by atoms with Gasteiger partial charge in [-0.2, -0.15) is 0 Å². The number of hydrogen-bond donors (Lipinski definition) is 2. The minimum atomic E-state index is -1.40. The van der Waals surface area contributed by atoms with Crippen molar-refractivity contribution in [1.29, 1.82) is 0 Å². The third-order valence-electron chi connectivity index (χ3n) is 4.91. The van der Waals surface area contributed by atoms with E-state index in [2.05, 4.69) is 6.58 Å². The van der Waals surface area contributed by atoms with E-state index in [1.807, 2.05) is 48.5 Å². The molecule has 0 saturated carbocycles. The lowest BCUT2D eigenvalue weighted by atomic mass is 9.97. The fourth-order valence-corrected chi connectivity index (χ4v) is 3.48. The van der Waals surface area contributed by atoms with Gasteiger partial charge in [-0.05, 0) is 22.3 Å². The molecule has 0 spiro atoms. The predicted molar refractivity (Wildman–Crippen MR) is 105 cm³/mol. The number of aliphatic carboxylic acids is 1. The molecular formula is C22H23NO5. The van der Waals surface area contributed by atoms with Gasteiger partial charge in [0.25, 0.3) is 0 Å². The van der Waals surface area contributed by atoms with E-state index < -0.39 is 23.9 Å². The lowest BCUT2D eigenvalue weighted by Crippen LogP contribution is -2.45. The summed E-state index contributed by atoms with van der Waals surface area (Å²) in [6, 6.07) is 14.6. The molecule has 2 aromatic carbocycles. The van der Waals surface area contributed by atoms with Crippen LogP contribution in [-0.2, 0) is 19.1 Å². The molecule has 2 unspecified atom stereocenters. The Bertz CT molecular complexity index is 833. The smallest absolute Gasteiger partial charge is 0.321 e. The molecule has 0 aromatic heterocycles. The highest BCUT2D eigenvalue weighted by molar-refractivity contribution is 5.84. The largest absolute Gasteiger partial charge is 0.480 e. The molecule has 0 amide bonds. The normalized spacial score (nSPS) is 14.6. The molecule has 0 fully saturated rings. The van der Waals surface area contributed by atoms with Crippen molar-refractivity contribution in [2.24, 2.45) is 11.7 Å². The van der Waals surface area contributed by atoms with Crippen molar-refractivity contribution in [1.82, 2.24) is 0 Å². The number of esters is 1. The van der Waals surface area contributed by atoms with Crippen LogP contribution in [0.4, 0.5) is 0 Å². The van der Waals surface area contributed by atoms with Crippen LogP contribution in [0.1, 0.15) is 17.0 Å². The average Bonchev–Trinajstić information content (AvgIpc) is 3.03. The summed E-state index contributed by atoms with van der Waals surface area (Å²) in [5.41, 5.74) is 10.1. The highest BCUT2D eigenvalue weighted by atomic mass is 16.5. The van der Waals surface area contributed by atoms with E-state index in [-0.39, 0.29) is 25.7 Å². The molecule has 0 saturated heterocycles. The number of hydrogen-bond acceptors (Lipinski definition) is 5. The number of fused-ring (bicyclic) bond motifs is 3. The number of ether oxygens (including phenoxy) is 2. The van der Waals surface area contributed by atoms with Crippen molar-refractivity contribution >= 4 is 11.9 Å². The van der Waals surface area contributed by atoms with Crippen LogP contribution >= 0.6 is 0 Å². The molecule has 0 aliphatic heterocycles. The molecule has 146 valence electrons. The molecule has 3 N–H and O–H groups in total. The maximum Gasteiger partial charge on any atom is 0.321 e. The van der Waals surface area contributed by atoms with Crippen molar-refractivity contribution in [3.63, 3.8) is 0 Å². The summed E-state index contributed by atoms with van der Waals surface area (Å²) >= 11 is 0. The first-order chi connectivity index (χ1) is 13.5. The van der Waals surface area contributed by atoms with Crippen LogP contribution in [0.2, 0.25) is 0 Å². The molecule has 2 aromatic rings. The molecule has 28 heavy (non-hydrogen) atoms. The third-order valence-corrected chi connectivity index (χ3v) is 4.91. The predicted octanol–water partition coefficient (Wildman–Crippen LogP) is 2.57. The van der Waals surface area contributed by atoms with Gasteiger partial charge >= 0.3 is 11.9 Å². The highest BCUT2D eigenvalue weighted by Gasteiger charge is 2.34. The Morgan fingerprint density at radius 2 is 1.68 bits per heavy atom. The van der Waals surface area contributed by atoms with Gasteiger partial charge < -0.3 is 20.3 Å². The van der Waals surface area contributed by atoms with E-state index >= 15 is 0 Å². The summed E-state index contributed by atoms with van der Waals surface area (Å²) in [5.74, 6) is -3.15. The van der Waals surface area contributed by atoms with E-state index in [9.17, 15) is 14.7 Å². The SMILES string of the molecule is C=CCOCC(C(=O)OCC1c2ccccc2-c2ccccc21)C(N)C(=O)O. The first kappa shape index (κ1) is 19.8. The lowest BCUT2D eigenvalue weighted by Gasteiger charge is -2.21. The summed E-state index contributed by atoms with van der Waals surface area (Å²) in [4.78, 5) is 23.8. The van der Waals surface area contributed by atoms with Gasteiger partial charge in [-0.15, -0.1) is 6.58 Å². The summed E-state index contributed by atoms with van der Waals surface area (Å²) in [7, 11) is 0. The quantitative estimate of drug-likeness (QED) is 0.393. The second-order valence-corrected chi connectivity index (χ2v) is 6.65. The van der Waals surface area contributed by atoms with Gasteiger partial charge in [-0.1, -0.05) is 54.6 Å². The van der Waals surface area contributed by atoms with E-state index in [4.69, 9.17) is 15.2 Å². The first-order valence-corrected chi connectivity index (χ1v) is 9.06. The molecule has 2 atom stereocenters. The molecule has 6 heteroatoms. The van der Waals surface area contributed by atoms with Crippen molar-refractivity contribution in [3.05, 3.63) is 72.3 Å². The monoisotopic (exact) mass is 381 g/mol. The van der Waals surface area contributed by atoms with Crippen molar-refractivity contribution < 1.29 is 24.2 Å². The number of carbonyl (C=O) groups excluding carboxylic acids is 1. The molecule has 1 aliphatic carbocycles. The second-order valence-electron chi connectivity index (χ2n) is 6.65. The van der Waals surface area contributed by atoms with E-state index in [0.29, 0.717) is 0 Å². The Kier molecular flexibility index (Phi) is 6.23. The van der Waals surface area contributed by atoms with Gasteiger partial charge in [0.15, 0.2) is 0 Å². The molecule has 0 radical (unpaired) electrons. The second kappa shape index (κ2) is 8.82. The highest BCUT2D eigenvalue weighted by Crippen LogP contribution is 2.44. The Morgan fingerprint density at radius 1 is 1.11 bits per heavy atom. The number of carboxylic acid groups (broad SMARTS) is 1.